The number of hydrogen-bond acceptors (Lipinski definition) is 6. The predicted molar refractivity (Wildman–Crippen MR) is 105 cm³/mol. The van der Waals surface area contributed by atoms with Crippen molar-refractivity contribution < 1.29 is 23.0 Å². The van der Waals surface area contributed by atoms with Crippen molar-refractivity contribution in [3.05, 3.63) is 47.5 Å². The largest absolute Gasteiger partial charge is 0.491 e. The summed E-state index contributed by atoms with van der Waals surface area (Å²) in [4.78, 5) is 25.2. The highest BCUT2D eigenvalue weighted by molar-refractivity contribution is 6.02. The lowest BCUT2D eigenvalue weighted by Gasteiger charge is -2.36. The van der Waals surface area contributed by atoms with Crippen molar-refractivity contribution in [1.82, 2.24) is 15.0 Å². The third-order valence-corrected chi connectivity index (χ3v) is 5.20. The van der Waals surface area contributed by atoms with Crippen LogP contribution in [0.3, 0.4) is 0 Å². The average Bonchev–Trinajstić information content (AvgIpc) is 3.20. The van der Waals surface area contributed by atoms with E-state index < -0.39 is 29.3 Å². The Bertz CT molecular complexity index is 1150. The van der Waals surface area contributed by atoms with Crippen LogP contribution >= 0.6 is 0 Å². The number of rotatable bonds is 4. The molecular formula is C20H21F2N5O3. The summed E-state index contributed by atoms with van der Waals surface area (Å²) in [5, 5.41) is 0. The molecule has 2 aromatic heterocycles. The molecule has 0 bridgehead atoms. The fraction of sp³-hybridized carbons (Fsp3) is 0.350. The third-order valence-electron chi connectivity index (χ3n) is 5.20. The van der Waals surface area contributed by atoms with E-state index in [1.165, 1.54) is 19.4 Å². The van der Waals surface area contributed by atoms with Crippen LogP contribution in [0.5, 0.6) is 5.75 Å². The van der Waals surface area contributed by atoms with Crippen LogP contribution in [-0.2, 0) is 4.74 Å². The van der Waals surface area contributed by atoms with Crippen LogP contribution in [0.2, 0.25) is 0 Å². The van der Waals surface area contributed by atoms with Crippen LogP contribution < -0.4 is 15.4 Å². The van der Waals surface area contributed by atoms with E-state index in [0.717, 1.165) is 6.07 Å². The summed E-state index contributed by atoms with van der Waals surface area (Å²) in [6.07, 6.45) is 1.07. The molecule has 0 saturated carbocycles. The maximum Gasteiger partial charge on any atom is 0.269 e. The quantitative estimate of drug-likeness (QED) is 0.676. The van der Waals surface area contributed by atoms with Crippen molar-refractivity contribution >= 4 is 22.6 Å². The number of amides is 1. The van der Waals surface area contributed by atoms with Gasteiger partial charge < -0.3 is 25.1 Å². The number of aromatic amines is 1. The van der Waals surface area contributed by atoms with Gasteiger partial charge in [0.2, 0.25) is 5.82 Å². The molecule has 8 nitrogen and oxygen atoms in total. The highest BCUT2D eigenvalue weighted by Gasteiger charge is 2.49. The van der Waals surface area contributed by atoms with Gasteiger partial charge in [-0.25, -0.2) is 14.4 Å². The number of anilines is 1. The van der Waals surface area contributed by atoms with Gasteiger partial charge in [-0.05, 0) is 39.0 Å². The summed E-state index contributed by atoms with van der Waals surface area (Å²) >= 11 is 0. The number of fused-ring (bicyclic) bond motifs is 1. The number of hydrogen-bond donors (Lipinski definition) is 2. The van der Waals surface area contributed by atoms with Crippen molar-refractivity contribution in [1.29, 1.82) is 0 Å². The van der Waals surface area contributed by atoms with Crippen LogP contribution in [0.15, 0.2) is 24.4 Å². The number of primary amides is 1. The standard InChI is InChI=1S/C20H21F2N5O3/c1-9-16(19-25-11-7-8-24-15(18(23)28)14(11)26-19)27(20(2,3)30-9)12-6-5-10(21)13(22)17(12)29-4/h5-9,16H,1-4H3,(H2,23,28)(H,25,26)/t9-,16-/m1/s1. The topological polar surface area (TPSA) is 106 Å². The number of nitrogens with zero attached hydrogens (tertiary/aromatic N) is 3. The van der Waals surface area contributed by atoms with Crippen molar-refractivity contribution in [2.24, 2.45) is 5.73 Å². The molecule has 3 heterocycles. The zero-order valence-corrected chi connectivity index (χ0v) is 16.9. The fourth-order valence-corrected chi connectivity index (χ4v) is 4.09. The van der Waals surface area contributed by atoms with Gasteiger partial charge in [-0.2, -0.15) is 4.39 Å². The summed E-state index contributed by atoms with van der Waals surface area (Å²) < 4.78 is 39.6. The number of nitrogens with one attached hydrogen (secondary N) is 1. The van der Waals surface area contributed by atoms with Gasteiger partial charge in [0, 0.05) is 6.20 Å². The number of methoxy groups -OCH3 is 1. The van der Waals surface area contributed by atoms with Crippen LogP contribution in [0.4, 0.5) is 14.5 Å². The van der Waals surface area contributed by atoms with Gasteiger partial charge >= 0.3 is 0 Å². The van der Waals surface area contributed by atoms with E-state index in [2.05, 4.69) is 15.0 Å². The lowest BCUT2D eigenvalue weighted by Crippen LogP contribution is -2.41. The minimum atomic E-state index is -1.09. The highest BCUT2D eigenvalue weighted by atomic mass is 19.2. The Morgan fingerprint density at radius 2 is 2.07 bits per heavy atom. The van der Waals surface area contributed by atoms with Gasteiger partial charge in [0.25, 0.3) is 5.91 Å². The maximum absolute atomic E-state index is 14.5. The summed E-state index contributed by atoms with van der Waals surface area (Å²) in [5.74, 6) is -2.58. The summed E-state index contributed by atoms with van der Waals surface area (Å²) in [7, 11) is 1.27. The first-order valence-corrected chi connectivity index (χ1v) is 9.29. The third kappa shape index (κ3) is 2.95. The first-order valence-electron chi connectivity index (χ1n) is 9.29. The van der Waals surface area contributed by atoms with Gasteiger partial charge in [0.05, 0.1) is 24.4 Å². The molecule has 1 aliphatic heterocycles. The number of nitrogens with two attached hydrogens (primary N) is 1. The second-order valence-corrected chi connectivity index (χ2v) is 7.54. The number of H-pyrrole nitrogens is 1. The molecule has 10 heteroatoms. The molecule has 1 aromatic carbocycles. The minimum absolute atomic E-state index is 0.0396. The highest BCUT2D eigenvalue weighted by Crippen LogP contribution is 2.48. The first kappa shape index (κ1) is 20.0. The van der Waals surface area contributed by atoms with Gasteiger partial charge in [-0.1, -0.05) is 0 Å². The van der Waals surface area contributed by atoms with Gasteiger partial charge in [-0.3, -0.25) is 4.79 Å². The zero-order valence-electron chi connectivity index (χ0n) is 16.9. The zero-order chi connectivity index (χ0) is 21.8. The first-order chi connectivity index (χ1) is 14.2. The molecule has 1 fully saturated rings. The van der Waals surface area contributed by atoms with Crippen molar-refractivity contribution in [2.75, 3.05) is 12.0 Å². The number of halogens is 2. The average molecular weight is 417 g/mol. The molecule has 2 atom stereocenters. The minimum Gasteiger partial charge on any atom is -0.491 e. The number of ether oxygens (including phenoxy) is 2. The van der Waals surface area contributed by atoms with E-state index in [4.69, 9.17) is 15.2 Å². The Balaban J connectivity index is 1.91. The number of aromatic nitrogens is 3. The summed E-state index contributed by atoms with van der Waals surface area (Å²) in [5.41, 5.74) is 5.77. The second kappa shape index (κ2) is 6.91. The number of benzene rings is 1. The molecule has 3 aromatic rings. The molecular weight excluding hydrogens is 396 g/mol. The second-order valence-electron chi connectivity index (χ2n) is 7.54. The molecule has 0 aliphatic carbocycles. The molecule has 158 valence electrons. The molecule has 0 unspecified atom stereocenters. The van der Waals surface area contributed by atoms with Crippen LogP contribution in [0.25, 0.3) is 11.0 Å². The molecule has 0 radical (unpaired) electrons. The van der Waals surface area contributed by atoms with Gasteiger partial charge in [0.15, 0.2) is 17.3 Å². The molecule has 1 saturated heterocycles. The molecule has 4 rings (SSSR count). The maximum atomic E-state index is 14.5. The van der Waals surface area contributed by atoms with Gasteiger partial charge in [0.1, 0.15) is 23.1 Å². The molecule has 1 aliphatic rings. The predicted octanol–water partition coefficient (Wildman–Crippen LogP) is 3.05. The van der Waals surface area contributed by atoms with E-state index in [0.29, 0.717) is 22.5 Å². The Labute approximate surface area is 171 Å². The van der Waals surface area contributed by atoms with E-state index in [1.807, 2.05) is 20.8 Å². The molecule has 3 N–H and O–H groups in total. The van der Waals surface area contributed by atoms with E-state index >= 15 is 0 Å². The normalized spacial score (nSPS) is 20.7. The van der Waals surface area contributed by atoms with Crippen molar-refractivity contribution in [2.45, 2.75) is 38.6 Å². The fourth-order valence-electron chi connectivity index (χ4n) is 4.09. The smallest absolute Gasteiger partial charge is 0.269 e. The van der Waals surface area contributed by atoms with Crippen LogP contribution in [-0.4, -0.2) is 39.8 Å². The Morgan fingerprint density at radius 3 is 2.73 bits per heavy atom. The monoisotopic (exact) mass is 417 g/mol. The Hall–Kier alpha value is -3.27. The van der Waals surface area contributed by atoms with Crippen LogP contribution in [0.1, 0.15) is 43.1 Å². The number of pyridine rings is 1. The summed E-state index contributed by atoms with van der Waals surface area (Å²) in [6.45, 7) is 5.46. The number of carbonyl (C=O) groups excluding carboxylic acids is 1. The Kier molecular flexibility index (Phi) is 4.61. The van der Waals surface area contributed by atoms with Gasteiger partial charge in [-0.15, -0.1) is 0 Å². The van der Waals surface area contributed by atoms with Crippen molar-refractivity contribution in [3.63, 3.8) is 0 Å². The van der Waals surface area contributed by atoms with E-state index in [9.17, 15) is 13.6 Å². The molecule has 30 heavy (non-hydrogen) atoms. The number of carbonyl (C=O) groups is 1. The lowest BCUT2D eigenvalue weighted by atomic mass is 10.1. The SMILES string of the molecule is COc1c(N2[C@@H](c3nc4c(C(N)=O)nccc4[nH]3)[C@@H](C)OC2(C)C)ccc(F)c1F. The number of imidazole rings is 1. The lowest BCUT2D eigenvalue weighted by molar-refractivity contribution is -0.00804. The Morgan fingerprint density at radius 1 is 1.33 bits per heavy atom. The molecule has 1 amide bonds. The summed E-state index contributed by atoms with van der Waals surface area (Å²) in [6, 6.07) is 3.63. The van der Waals surface area contributed by atoms with Crippen LogP contribution in [0, 0.1) is 11.6 Å². The van der Waals surface area contributed by atoms with Crippen molar-refractivity contribution in [3.8, 4) is 5.75 Å². The van der Waals surface area contributed by atoms with E-state index in [1.54, 1.807) is 11.0 Å². The van der Waals surface area contributed by atoms with E-state index in [-0.39, 0.29) is 17.5 Å². The molecule has 0 spiro atoms.